The number of hydrogen-bond donors (Lipinski definition) is 2. The number of rotatable bonds is 4. The van der Waals surface area contributed by atoms with Crippen molar-refractivity contribution in [1.29, 1.82) is 0 Å². The summed E-state index contributed by atoms with van der Waals surface area (Å²) < 4.78 is 14.7. The van der Waals surface area contributed by atoms with Gasteiger partial charge < -0.3 is 14.8 Å². The number of pyridine rings is 1. The fraction of sp³-hybridized carbons (Fsp3) is 0.0625. The van der Waals surface area contributed by atoms with E-state index in [9.17, 15) is 14.3 Å². The number of halogens is 1. The molecule has 0 saturated heterocycles. The van der Waals surface area contributed by atoms with Crippen molar-refractivity contribution in [2.75, 3.05) is 5.32 Å². The minimum Gasteiger partial charge on any atom is -0.476 e. The molecule has 0 aliphatic carbocycles. The van der Waals surface area contributed by atoms with Gasteiger partial charge in [0.1, 0.15) is 5.82 Å². The predicted molar refractivity (Wildman–Crippen MR) is 78.1 cm³/mol. The molecule has 3 aromatic rings. The molecule has 0 atom stereocenters. The molecule has 0 aliphatic heterocycles. The molecule has 5 heteroatoms. The lowest BCUT2D eigenvalue weighted by atomic mass is 10.2. The Kier molecular flexibility index (Phi) is 3.31. The number of carboxylic acid groups (broad SMARTS) is 1. The van der Waals surface area contributed by atoms with Crippen molar-refractivity contribution in [2.24, 2.45) is 0 Å². The van der Waals surface area contributed by atoms with Gasteiger partial charge >= 0.3 is 5.97 Å². The predicted octanol–water partition coefficient (Wildman–Crippen LogP) is 3.39. The molecule has 2 aromatic heterocycles. The molecule has 21 heavy (non-hydrogen) atoms. The van der Waals surface area contributed by atoms with Crippen molar-refractivity contribution in [2.45, 2.75) is 6.54 Å². The number of carbonyl (C=O) groups is 1. The van der Waals surface area contributed by atoms with Gasteiger partial charge in [-0.1, -0.05) is 12.1 Å². The maximum atomic E-state index is 13.1. The second kappa shape index (κ2) is 5.28. The Labute approximate surface area is 120 Å². The second-order valence-electron chi connectivity index (χ2n) is 4.69. The quantitative estimate of drug-likeness (QED) is 0.772. The lowest BCUT2D eigenvalue weighted by Crippen LogP contribution is -2.11. The van der Waals surface area contributed by atoms with E-state index in [-0.39, 0.29) is 11.5 Å². The molecule has 1 aromatic carbocycles. The first-order chi connectivity index (χ1) is 10.1. The molecule has 0 fully saturated rings. The van der Waals surface area contributed by atoms with Gasteiger partial charge in [0, 0.05) is 18.3 Å². The number of nitrogens with one attached hydrogen (secondary N) is 1. The van der Waals surface area contributed by atoms with E-state index in [1.54, 1.807) is 34.9 Å². The highest BCUT2D eigenvalue weighted by molar-refractivity contribution is 5.93. The number of aromatic nitrogens is 1. The molecule has 0 aliphatic rings. The molecular weight excluding hydrogens is 271 g/mol. The first kappa shape index (κ1) is 13.2. The largest absolute Gasteiger partial charge is 0.476 e. The Morgan fingerprint density at radius 2 is 2.05 bits per heavy atom. The van der Waals surface area contributed by atoms with Crippen LogP contribution in [0.3, 0.4) is 0 Å². The second-order valence-corrected chi connectivity index (χ2v) is 4.69. The summed E-state index contributed by atoms with van der Waals surface area (Å²) in [5, 5.41) is 12.5. The third-order valence-corrected chi connectivity index (χ3v) is 3.27. The highest BCUT2D eigenvalue weighted by atomic mass is 19.1. The van der Waals surface area contributed by atoms with Crippen LogP contribution in [-0.2, 0) is 6.54 Å². The molecule has 2 N–H and O–H groups in total. The van der Waals surface area contributed by atoms with Gasteiger partial charge in [0.2, 0.25) is 0 Å². The number of aromatic carboxylic acids is 1. The van der Waals surface area contributed by atoms with E-state index >= 15 is 0 Å². The number of nitrogens with zero attached hydrogens (tertiary/aromatic N) is 1. The molecule has 3 rings (SSSR count). The minimum absolute atomic E-state index is 0.161. The van der Waals surface area contributed by atoms with Crippen LogP contribution in [0.5, 0.6) is 0 Å². The van der Waals surface area contributed by atoms with Gasteiger partial charge in [-0.3, -0.25) is 0 Å². The van der Waals surface area contributed by atoms with Crippen molar-refractivity contribution >= 4 is 17.2 Å². The van der Waals surface area contributed by atoms with E-state index < -0.39 is 5.97 Å². The molecule has 0 bridgehead atoms. The summed E-state index contributed by atoms with van der Waals surface area (Å²) in [6.45, 7) is 0.352. The van der Waals surface area contributed by atoms with Crippen LogP contribution >= 0.6 is 0 Å². The molecule has 2 heterocycles. The van der Waals surface area contributed by atoms with Gasteiger partial charge in [0.25, 0.3) is 0 Å². The Bertz CT molecular complexity index is 811. The van der Waals surface area contributed by atoms with E-state index in [4.69, 9.17) is 0 Å². The zero-order chi connectivity index (χ0) is 14.8. The Morgan fingerprint density at radius 1 is 1.19 bits per heavy atom. The van der Waals surface area contributed by atoms with Gasteiger partial charge in [0.15, 0.2) is 5.69 Å². The molecule has 0 spiro atoms. The maximum absolute atomic E-state index is 13.1. The Hall–Kier alpha value is -2.82. The third kappa shape index (κ3) is 2.58. The SMILES string of the molecule is O=C(O)c1c(NCc2cccc(F)c2)ccc2cccn12. The number of hydrogen-bond acceptors (Lipinski definition) is 2. The van der Waals surface area contributed by atoms with E-state index in [0.29, 0.717) is 12.2 Å². The van der Waals surface area contributed by atoms with Crippen LogP contribution in [0, 0.1) is 5.82 Å². The minimum atomic E-state index is -1.02. The van der Waals surface area contributed by atoms with E-state index in [2.05, 4.69) is 5.32 Å². The smallest absolute Gasteiger partial charge is 0.355 e. The third-order valence-electron chi connectivity index (χ3n) is 3.27. The lowest BCUT2D eigenvalue weighted by molar-refractivity contribution is 0.0690. The first-order valence-corrected chi connectivity index (χ1v) is 6.47. The van der Waals surface area contributed by atoms with Crippen LogP contribution in [0.4, 0.5) is 10.1 Å². The van der Waals surface area contributed by atoms with E-state index in [1.807, 2.05) is 12.1 Å². The van der Waals surface area contributed by atoms with Gasteiger partial charge in [-0.15, -0.1) is 0 Å². The van der Waals surface area contributed by atoms with Crippen LogP contribution in [0.15, 0.2) is 54.7 Å². The molecule has 0 amide bonds. The van der Waals surface area contributed by atoms with Gasteiger partial charge in [-0.25, -0.2) is 9.18 Å². The van der Waals surface area contributed by atoms with Crippen molar-refractivity contribution in [1.82, 2.24) is 4.40 Å². The summed E-state index contributed by atoms with van der Waals surface area (Å²) in [5.41, 5.74) is 2.21. The number of carboxylic acids is 1. The summed E-state index contributed by atoms with van der Waals surface area (Å²) in [6.07, 6.45) is 1.70. The zero-order valence-corrected chi connectivity index (χ0v) is 11.1. The van der Waals surface area contributed by atoms with E-state index in [0.717, 1.165) is 11.1 Å². The number of benzene rings is 1. The fourth-order valence-corrected chi connectivity index (χ4v) is 2.32. The first-order valence-electron chi connectivity index (χ1n) is 6.47. The summed E-state index contributed by atoms with van der Waals surface area (Å²) >= 11 is 0. The van der Waals surface area contributed by atoms with Gasteiger partial charge in [0.05, 0.1) is 5.69 Å². The lowest BCUT2D eigenvalue weighted by Gasteiger charge is -2.12. The average molecular weight is 284 g/mol. The van der Waals surface area contributed by atoms with Crippen molar-refractivity contribution in [3.63, 3.8) is 0 Å². The van der Waals surface area contributed by atoms with Gasteiger partial charge in [-0.2, -0.15) is 0 Å². The molecule has 0 radical (unpaired) electrons. The Morgan fingerprint density at radius 3 is 2.81 bits per heavy atom. The average Bonchev–Trinajstić information content (AvgIpc) is 2.92. The molecule has 0 unspecified atom stereocenters. The summed E-state index contributed by atoms with van der Waals surface area (Å²) in [7, 11) is 0. The Balaban J connectivity index is 1.93. The number of anilines is 1. The molecule has 106 valence electrons. The van der Waals surface area contributed by atoms with Crippen LogP contribution in [0.2, 0.25) is 0 Å². The molecule has 4 nitrogen and oxygen atoms in total. The van der Waals surface area contributed by atoms with E-state index in [1.165, 1.54) is 12.1 Å². The standard InChI is InChI=1S/C16H13FN2O2/c17-12-4-1-3-11(9-12)10-18-14-7-6-13-5-2-8-19(13)15(14)16(20)21/h1-9,18H,10H2,(H,20,21). The van der Waals surface area contributed by atoms with Crippen molar-refractivity contribution < 1.29 is 14.3 Å². The van der Waals surface area contributed by atoms with Crippen molar-refractivity contribution in [3.8, 4) is 0 Å². The number of fused-ring (bicyclic) bond motifs is 1. The highest BCUT2D eigenvalue weighted by Gasteiger charge is 2.14. The monoisotopic (exact) mass is 284 g/mol. The van der Waals surface area contributed by atoms with Crippen LogP contribution in [-0.4, -0.2) is 15.5 Å². The zero-order valence-electron chi connectivity index (χ0n) is 11.1. The van der Waals surface area contributed by atoms with Crippen LogP contribution in [0.1, 0.15) is 16.1 Å². The topological polar surface area (TPSA) is 53.7 Å². The van der Waals surface area contributed by atoms with Crippen LogP contribution in [0.25, 0.3) is 5.52 Å². The van der Waals surface area contributed by atoms with Crippen LogP contribution < -0.4 is 5.32 Å². The molecular formula is C16H13FN2O2. The fourth-order valence-electron chi connectivity index (χ4n) is 2.32. The highest BCUT2D eigenvalue weighted by Crippen LogP contribution is 2.20. The van der Waals surface area contributed by atoms with Crippen molar-refractivity contribution in [3.05, 3.63) is 71.8 Å². The van der Waals surface area contributed by atoms with Gasteiger partial charge in [-0.05, 0) is 42.0 Å². The molecule has 0 saturated carbocycles. The summed E-state index contributed by atoms with van der Waals surface area (Å²) in [4.78, 5) is 11.5. The normalized spacial score (nSPS) is 10.7. The maximum Gasteiger partial charge on any atom is 0.355 e. The summed E-state index contributed by atoms with van der Waals surface area (Å²) in [5.74, 6) is -1.33. The summed E-state index contributed by atoms with van der Waals surface area (Å²) in [6, 6.07) is 13.4.